The van der Waals surface area contributed by atoms with E-state index in [-0.39, 0.29) is 27.8 Å². The molecule has 0 aliphatic heterocycles. The molecule has 0 saturated heterocycles. The van der Waals surface area contributed by atoms with E-state index in [0.717, 1.165) is 12.1 Å². The van der Waals surface area contributed by atoms with E-state index in [1.807, 2.05) is 0 Å². The second-order valence-corrected chi connectivity index (χ2v) is 3.86. The summed E-state index contributed by atoms with van der Waals surface area (Å²) in [5, 5.41) is 8.78. The van der Waals surface area contributed by atoms with E-state index in [4.69, 9.17) is 10.00 Å². The predicted molar refractivity (Wildman–Crippen MR) is 59.8 cm³/mol. The van der Waals surface area contributed by atoms with Crippen molar-refractivity contribution in [3.05, 3.63) is 33.3 Å². The molecule has 1 aromatic rings. The first-order chi connectivity index (χ1) is 8.01. The van der Waals surface area contributed by atoms with Gasteiger partial charge in [0, 0.05) is 10.0 Å². The third-order valence-electron chi connectivity index (χ3n) is 1.96. The van der Waals surface area contributed by atoms with Crippen LogP contribution in [0.2, 0.25) is 0 Å². The van der Waals surface area contributed by atoms with Crippen LogP contribution in [0, 0.1) is 11.3 Å². The highest BCUT2D eigenvalue weighted by atomic mass is 79.9. The molecule has 0 aromatic heterocycles. The van der Waals surface area contributed by atoms with Crippen LogP contribution in [0.4, 0.5) is 8.78 Å². The first-order valence-corrected chi connectivity index (χ1v) is 5.49. The van der Waals surface area contributed by atoms with Crippen LogP contribution >= 0.6 is 15.9 Å². The summed E-state index contributed by atoms with van der Waals surface area (Å²) in [6.07, 6.45) is -2.75. The van der Waals surface area contributed by atoms with Gasteiger partial charge in [-0.1, -0.05) is 0 Å². The first kappa shape index (κ1) is 13.6. The summed E-state index contributed by atoms with van der Waals surface area (Å²) in [5.74, 6) is -0.738. The first-order valence-electron chi connectivity index (χ1n) is 4.70. The van der Waals surface area contributed by atoms with E-state index >= 15 is 0 Å². The number of benzene rings is 1. The van der Waals surface area contributed by atoms with Crippen molar-refractivity contribution in [3.8, 4) is 6.07 Å². The van der Waals surface area contributed by atoms with Crippen LogP contribution in [0.1, 0.15) is 34.8 Å². The van der Waals surface area contributed by atoms with Gasteiger partial charge in [0.25, 0.3) is 6.43 Å². The summed E-state index contributed by atoms with van der Waals surface area (Å²) in [6, 6.07) is 3.80. The molecular formula is C11H8BrF2NO2. The second kappa shape index (κ2) is 5.73. The molecule has 0 saturated carbocycles. The Bertz CT molecular complexity index is 483. The van der Waals surface area contributed by atoms with E-state index in [1.54, 1.807) is 13.0 Å². The average Bonchev–Trinajstić information content (AvgIpc) is 2.29. The lowest BCUT2D eigenvalue weighted by Crippen LogP contribution is -2.07. The fourth-order valence-corrected chi connectivity index (χ4v) is 1.69. The normalized spacial score (nSPS) is 10.1. The molecule has 0 heterocycles. The highest BCUT2D eigenvalue weighted by molar-refractivity contribution is 9.10. The number of carbonyl (C=O) groups is 1. The number of hydrogen-bond donors (Lipinski definition) is 0. The molecule has 0 aliphatic rings. The molecule has 6 heteroatoms. The van der Waals surface area contributed by atoms with Crippen LogP contribution in [0.3, 0.4) is 0 Å². The lowest BCUT2D eigenvalue weighted by Gasteiger charge is -2.08. The quantitative estimate of drug-likeness (QED) is 0.804. The van der Waals surface area contributed by atoms with E-state index in [9.17, 15) is 13.6 Å². The van der Waals surface area contributed by atoms with Crippen molar-refractivity contribution in [3.63, 3.8) is 0 Å². The van der Waals surface area contributed by atoms with Gasteiger partial charge in [0.05, 0.1) is 17.7 Å². The maximum absolute atomic E-state index is 12.6. The average molecular weight is 304 g/mol. The van der Waals surface area contributed by atoms with Gasteiger partial charge in [0.1, 0.15) is 6.07 Å². The molecule has 3 nitrogen and oxygen atoms in total. The maximum atomic E-state index is 12.6. The Hall–Kier alpha value is -1.48. The van der Waals surface area contributed by atoms with Crippen LogP contribution in [0.25, 0.3) is 0 Å². The number of nitrogens with zero attached hydrogens (tertiary/aromatic N) is 1. The minimum Gasteiger partial charge on any atom is -0.462 e. The summed E-state index contributed by atoms with van der Waals surface area (Å²) >= 11 is 3.03. The maximum Gasteiger partial charge on any atom is 0.339 e. The van der Waals surface area contributed by atoms with Crippen LogP contribution < -0.4 is 0 Å². The summed E-state index contributed by atoms with van der Waals surface area (Å²) < 4.78 is 30.0. The fraction of sp³-hybridized carbons (Fsp3) is 0.273. The van der Waals surface area contributed by atoms with Crippen molar-refractivity contribution in [2.45, 2.75) is 13.3 Å². The number of rotatable bonds is 3. The van der Waals surface area contributed by atoms with Gasteiger partial charge < -0.3 is 4.74 Å². The summed E-state index contributed by atoms with van der Waals surface area (Å²) in [4.78, 5) is 11.5. The van der Waals surface area contributed by atoms with Crippen molar-refractivity contribution >= 4 is 21.9 Å². The molecule has 0 bridgehead atoms. The molecule has 1 aromatic carbocycles. The van der Waals surface area contributed by atoms with Gasteiger partial charge in [0.2, 0.25) is 0 Å². The van der Waals surface area contributed by atoms with E-state index in [0.29, 0.717) is 0 Å². The molecular weight excluding hydrogens is 296 g/mol. The lowest BCUT2D eigenvalue weighted by molar-refractivity contribution is 0.0524. The molecule has 17 heavy (non-hydrogen) atoms. The van der Waals surface area contributed by atoms with Crippen molar-refractivity contribution in [2.24, 2.45) is 0 Å². The molecule has 0 aliphatic carbocycles. The van der Waals surface area contributed by atoms with Gasteiger partial charge in [-0.05, 0) is 35.0 Å². The zero-order valence-electron chi connectivity index (χ0n) is 8.84. The van der Waals surface area contributed by atoms with Gasteiger partial charge in [0.15, 0.2) is 0 Å². The number of nitriles is 1. The molecule has 1 rings (SSSR count). The number of alkyl halides is 2. The second-order valence-electron chi connectivity index (χ2n) is 3.06. The van der Waals surface area contributed by atoms with E-state index in [2.05, 4.69) is 15.9 Å². The van der Waals surface area contributed by atoms with Crippen molar-refractivity contribution < 1.29 is 18.3 Å². The minimum atomic E-state index is -2.75. The van der Waals surface area contributed by atoms with Gasteiger partial charge in [-0.2, -0.15) is 5.26 Å². The molecule has 0 N–H and O–H groups in total. The number of carbonyl (C=O) groups excluding carboxylic acids is 1. The Morgan fingerprint density at radius 1 is 1.59 bits per heavy atom. The zero-order valence-corrected chi connectivity index (χ0v) is 10.4. The van der Waals surface area contributed by atoms with Gasteiger partial charge >= 0.3 is 5.97 Å². The molecule has 0 spiro atoms. The SMILES string of the molecule is CCOC(=O)c1cc(C(F)F)cc(C#N)c1Br. The Kier molecular flexibility index (Phi) is 4.58. The zero-order chi connectivity index (χ0) is 13.0. The number of hydrogen-bond acceptors (Lipinski definition) is 3. The fourth-order valence-electron chi connectivity index (χ4n) is 1.21. The molecule has 0 amide bonds. The smallest absolute Gasteiger partial charge is 0.339 e. The highest BCUT2D eigenvalue weighted by Crippen LogP contribution is 2.29. The largest absolute Gasteiger partial charge is 0.462 e. The predicted octanol–water partition coefficient (Wildman–Crippen LogP) is 3.44. The number of ether oxygens (including phenoxy) is 1. The van der Waals surface area contributed by atoms with Crippen LogP contribution in [-0.4, -0.2) is 12.6 Å². The summed E-state index contributed by atoms with van der Waals surface area (Å²) in [5.41, 5.74) is -0.472. The van der Waals surface area contributed by atoms with Crippen molar-refractivity contribution in [1.82, 2.24) is 0 Å². The number of esters is 1. The van der Waals surface area contributed by atoms with Crippen molar-refractivity contribution in [1.29, 1.82) is 5.26 Å². The molecule has 0 atom stereocenters. The topological polar surface area (TPSA) is 50.1 Å². The van der Waals surface area contributed by atoms with Crippen LogP contribution in [0.15, 0.2) is 16.6 Å². The molecule has 0 unspecified atom stereocenters. The van der Waals surface area contributed by atoms with Gasteiger partial charge in [-0.3, -0.25) is 0 Å². The monoisotopic (exact) mass is 303 g/mol. The third-order valence-corrected chi connectivity index (χ3v) is 2.82. The van der Waals surface area contributed by atoms with Gasteiger partial charge in [-0.25, -0.2) is 13.6 Å². The molecule has 0 fully saturated rings. The highest BCUT2D eigenvalue weighted by Gasteiger charge is 2.19. The Morgan fingerprint density at radius 3 is 2.71 bits per heavy atom. The summed E-state index contributed by atoms with van der Waals surface area (Å²) in [6.45, 7) is 1.74. The standard InChI is InChI=1S/C11H8BrF2NO2/c1-2-17-11(16)8-4-6(10(13)14)3-7(5-15)9(8)12/h3-4,10H,2H2,1H3. The Balaban J connectivity index is 3.33. The molecule has 0 radical (unpaired) electrons. The third kappa shape index (κ3) is 3.01. The van der Waals surface area contributed by atoms with Crippen molar-refractivity contribution in [2.75, 3.05) is 6.61 Å². The van der Waals surface area contributed by atoms with Crippen LogP contribution in [-0.2, 0) is 4.74 Å². The summed E-state index contributed by atoms with van der Waals surface area (Å²) in [7, 11) is 0. The van der Waals surface area contributed by atoms with Crippen LogP contribution in [0.5, 0.6) is 0 Å². The van der Waals surface area contributed by atoms with E-state index in [1.165, 1.54) is 0 Å². The molecule has 90 valence electrons. The lowest BCUT2D eigenvalue weighted by atomic mass is 10.1. The Morgan fingerprint density at radius 2 is 2.24 bits per heavy atom. The minimum absolute atomic E-state index is 0.0224. The van der Waals surface area contributed by atoms with Gasteiger partial charge in [-0.15, -0.1) is 0 Å². The number of halogens is 3. The Labute approximate surface area is 105 Å². The van der Waals surface area contributed by atoms with E-state index < -0.39 is 12.4 Å².